The van der Waals surface area contributed by atoms with E-state index in [9.17, 15) is 4.79 Å². The number of rotatable bonds is 4. The molecule has 0 unspecified atom stereocenters. The number of ether oxygens (including phenoxy) is 1. The Morgan fingerprint density at radius 3 is 3.20 bits per heavy atom. The van der Waals surface area contributed by atoms with Crippen LogP contribution in [0.1, 0.15) is 12.6 Å². The Morgan fingerprint density at radius 2 is 2.53 bits per heavy atom. The van der Waals surface area contributed by atoms with E-state index in [1.54, 1.807) is 25.3 Å². The maximum atomic E-state index is 11.0. The topological polar surface area (TPSA) is 63.0 Å². The number of thioether (sulfide) groups is 1. The average Bonchev–Trinajstić information content (AvgIpc) is 2.27. The second-order valence-corrected chi connectivity index (χ2v) is 3.63. The van der Waals surface area contributed by atoms with Gasteiger partial charge in [0, 0.05) is 11.1 Å². The van der Waals surface area contributed by atoms with Crippen LogP contribution in [-0.2, 0) is 9.53 Å². The fraction of sp³-hybridized carbons (Fsp3) is 0.300. The van der Waals surface area contributed by atoms with Gasteiger partial charge in [0.25, 0.3) is 0 Å². The van der Waals surface area contributed by atoms with Crippen molar-refractivity contribution in [1.29, 1.82) is 5.26 Å². The minimum absolute atomic E-state index is 0.252. The number of hydrogen-bond acceptors (Lipinski definition) is 5. The van der Waals surface area contributed by atoms with Crippen molar-refractivity contribution in [2.75, 3.05) is 12.4 Å². The van der Waals surface area contributed by atoms with E-state index >= 15 is 0 Å². The zero-order valence-corrected chi connectivity index (χ0v) is 9.08. The van der Waals surface area contributed by atoms with Gasteiger partial charge in [-0.1, -0.05) is 0 Å². The molecule has 0 saturated heterocycles. The molecule has 5 heteroatoms. The molecule has 0 bridgehead atoms. The van der Waals surface area contributed by atoms with Crippen molar-refractivity contribution in [2.45, 2.75) is 11.8 Å². The number of hydrogen-bond donors (Lipinski definition) is 0. The Hall–Kier alpha value is -1.54. The van der Waals surface area contributed by atoms with Crippen molar-refractivity contribution in [3.05, 3.63) is 24.0 Å². The van der Waals surface area contributed by atoms with Crippen LogP contribution in [0.2, 0.25) is 0 Å². The first kappa shape index (κ1) is 11.5. The summed E-state index contributed by atoms with van der Waals surface area (Å²) in [5.41, 5.74) is 0.351. The first-order valence-electron chi connectivity index (χ1n) is 4.41. The first-order chi connectivity index (χ1) is 7.26. The minimum atomic E-state index is -0.252. The van der Waals surface area contributed by atoms with E-state index in [1.807, 2.05) is 6.07 Å². The van der Waals surface area contributed by atoms with Gasteiger partial charge in [-0.15, -0.1) is 11.8 Å². The Morgan fingerprint density at radius 1 is 1.73 bits per heavy atom. The third-order valence-corrected chi connectivity index (χ3v) is 2.48. The highest BCUT2D eigenvalue weighted by Gasteiger charge is 2.03. The molecular formula is C10H10N2O2S. The van der Waals surface area contributed by atoms with E-state index in [1.165, 1.54) is 11.8 Å². The molecule has 0 aliphatic rings. The normalized spacial score (nSPS) is 9.33. The van der Waals surface area contributed by atoms with Crippen molar-refractivity contribution >= 4 is 17.7 Å². The van der Waals surface area contributed by atoms with E-state index in [0.717, 1.165) is 4.90 Å². The molecule has 0 atom stereocenters. The summed E-state index contributed by atoms with van der Waals surface area (Å²) in [6.07, 6.45) is 1.55. The van der Waals surface area contributed by atoms with Crippen molar-refractivity contribution in [3.8, 4) is 6.07 Å². The van der Waals surface area contributed by atoms with Gasteiger partial charge in [0.1, 0.15) is 11.8 Å². The summed E-state index contributed by atoms with van der Waals surface area (Å²) >= 11 is 1.33. The summed E-state index contributed by atoms with van der Waals surface area (Å²) in [6, 6.07) is 5.34. The van der Waals surface area contributed by atoms with Crippen LogP contribution >= 0.6 is 11.8 Å². The highest BCUT2D eigenvalue weighted by Crippen LogP contribution is 2.17. The Labute approximate surface area is 92.3 Å². The summed E-state index contributed by atoms with van der Waals surface area (Å²) in [5, 5.41) is 8.61. The highest BCUT2D eigenvalue weighted by atomic mass is 32.2. The van der Waals surface area contributed by atoms with E-state index in [2.05, 4.69) is 4.98 Å². The molecule has 0 saturated carbocycles. The van der Waals surface area contributed by atoms with Gasteiger partial charge in [-0.05, 0) is 19.1 Å². The van der Waals surface area contributed by atoms with Crippen LogP contribution in [0.25, 0.3) is 0 Å². The molecule has 0 amide bonds. The van der Waals surface area contributed by atoms with Crippen LogP contribution in [0.15, 0.2) is 23.2 Å². The molecular weight excluding hydrogens is 212 g/mol. The van der Waals surface area contributed by atoms with Crippen molar-refractivity contribution in [1.82, 2.24) is 4.98 Å². The van der Waals surface area contributed by atoms with E-state index < -0.39 is 0 Å². The van der Waals surface area contributed by atoms with Crippen molar-refractivity contribution in [3.63, 3.8) is 0 Å². The largest absolute Gasteiger partial charge is 0.465 e. The fourth-order valence-corrected chi connectivity index (χ4v) is 1.63. The van der Waals surface area contributed by atoms with Crippen LogP contribution in [-0.4, -0.2) is 23.3 Å². The molecule has 4 nitrogen and oxygen atoms in total. The zero-order chi connectivity index (χ0) is 11.1. The first-order valence-corrected chi connectivity index (χ1v) is 5.39. The quantitative estimate of drug-likeness (QED) is 0.572. The predicted octanol–water partition coefficient (Wildman–Crippen LogP) is 1.61. The maximum absolute atomic E-state index is 11.0. The standard InChI is InChI=1S/C10H10N2O2S/c1-2-14-10(13)7-15-9-3-4-12-8(5-9)6-11/h3-5H,2,7H2,1H3. The van der Waals surface area contributed by atoms with Gasteiger partial charge in [0.15, 0.2) is 0 Å². The number of esters is 1. The molecule has 0 aromatic carbocycles. The highest BCUT2D eigenvalue weighted by molar-refractivity contribution is 8.00. The second-order valence-electron chi connectivity index (χ2n) is 2.58. The summed E-state index contributed by atoms with van der Waals surface area (Å²) in [5.74, 6) is 0.000682. The number of carbonyl (C=O) groups excluding carboxylic acids is 1. The summed E-state index contributed by atoms with van der Waals surface area (Å²) < 4.78 is 4.78. The van der Waals surface area contributed by atoms with Crippen LogP contribution in [0.5, 0.6) is 0 Å². The maximum Gasteiger partial charge on any atom is 0.316 e. The van der Waals surface area contributed by atoms with Gasteiger partial charge < -0.3 is 4.74 Å². The Kier molecular flexibility index (Phi) is 4.64. The molecule has 1 rings (SSSR count). The van der Waals surface area contributed by atoms with Crippen LogP contribution in [0.4, 0.5) is 0 Å². The lowest BCUT2D eigenvalue weighted by Crippen LogP contribution is -2.06. The van der Waals surface area contributed by atoms with Crippen LogP contribution in [0, 0.1) is 11.3 Å². The molecule has 1 heterocycles. The van der Waals surface area contributed by atoms with Gasteiger partial charge in [-0.25, -0.2) is 4.98 Å². The number of carbonyl (C=O) groups is 1. The minimum Gasteiger partial charge on any atom is -0.465 e. The molecule has 0 fully saturated rings. The SMILES string of the molecule is CCOC(=O)CSc1ccnc(C#N)c1. The number of aromatic nitrogens is 1. The molecule has 0 radical (unpaired) electrons. The van der Waals surface area contributed by atoms with Gasteiger partial charge in [0.2, 0.25) is 0 Å². The molecule has 78 valence electrons. The van der Waals surface area contributed by atoms with Gasteiger partial charge >= 0.3 is 5.97 Å². The second kappa shape index (κ2) is 6.04. The average molecular weight is 222 g/mol. The Bertz CT molecular complexity index is 387. The summed E-state index contributed by atoms with van der Waals surface area (Å²) in [4.78, 5) is 15.7. The predicted molar refractivity (Wildman–Crippen MR) is 56.3 cm³/mol. The third-order valence-electron chi connectivity index (χ3n) is 1.51. The monoisotopic (exact) mass is 222 g/mol. The van der Waals surface area contributed by atoms with Crippen LogP contribution < -0.4 is 0 Å². The fourth-order valence-electron chi connectivity index (χ4n) is 0.907. The zero-order valence-electron chi connectivity index (χ0n) is 8.27. The van der Waals surface area contributed by atoms with E-state index in [-0.39, 0.29) is 11.7 Å². The lowest BCUT2D eigenvalue weighted by atomic mass is 10.4. The molecule has 15 heavy (non-hydrogen) atoms. The lowest BCUT2D eigenvalue weighted by Gasteiger charge is -2.01. The summed E-state index contributed by atoms with van der Waals surface area (Å²) in [7, 11) is 0. The molecule has 1 aromatic rings. The van der Waals surface area contributed by atoms with Crippen LogP contribution in [0.3, 0.4) is 0 Å². The Balaban J connectivity index is 2.51. The summed E-state index contributed by atoms with van der Waals surface area (Å²) in [6.45, 7) is 2.15. The van der Waals surface area contributed by atoms with Gasteiger partial charge in [-0.2, -0.15) is 5.26 Å². The van der Waals surface area contributed by atoms with E-state index in [0.29, 0.717) is 12.3 Å². The van der Waals surface area contributed by atoms with Crippen molar-refractivity contribution in [2.24, 2.45) is 0 Å². The molecule has 0 spiro atoms. The molecule has 0 aliphatic carbocycles. The lowest BCUT2D eigenvalue weighted by molar-refractivity contribution is -0.139. The number of nitrogens with zero attached hydrogens (tertiary/aromatic N) is 2. The molecule has 1 aromatic heterocycles. The van der Waals surface area contributed by atoms with E-state index in [4.69, 9.17) is 10.00 Å². The third kappa shape index (κ3) is 4.00. The number of pyridine rings is 1. The number of nitriles is 1. The van der Waals surface area contributed by atoms with Gasteiger partial charge in [-0.3, -0.25) is 4.79 Å². The van der Waals surface area contributed by atoms with Crippen molar-refractivity contribution < 1.29 is 9.53 Å². The molecule has 0 N–H and O–H groups in total. The molecule has 0 aliphatic heterocycles. The van der Waals surface area contributed by atoms with Gasteiger partial charge in [0.05, 0.1) is 12.4 Å². The smallest absolute Gasteiger partial charge is 0.316 e.